The summed E-state index contributed by atoms with van der Waals surface area (Å²) >= 11 is 0. The van der Waals surface area contributed by atoms with Gasteiger partial charge in [0.25, 0.3) is 0 Å². The van der Waals surface area contributed by atoms with E-state index >= 15 is 0 Å². The zero-order valence-electron chi connectivity index (χ0n) is 12.8. The second-order valence-corrected chi connectivity index (χ2v) is 6.38. The van der Waals surface area contributed by atoms with Gasteiger partial charge < -0.3 is 11.1 Å². The highest BCUT2D eigenvalue weighted by atomic mass is 16.1. The van der Waals surface area contributed by atoms with Crippen LogP contribution in [0.5, 0.6) is 0 Å². The van der Waals surface area contributed by atoms with Gasteiger partial charge in [-0.05, 0) is 56.9 Å². The van der Waals surface area contributed by atoms with Gasteiger partial charge in [0, 0.05) is 12.5 Å². The SMILES string of the molecule is CC(C)C1CCC(NC(=O)CCCCCCN)CC1. The maximum absolute atomic E-state index is 11.8. The molecule has 0 heterocycles. The first kappa shape index (κ1) is 16.5. The number of unbranched alkanes of at least 4 members (excludes halogenated alkanes) is 3. The first-order chi connectivity index (χ1) is 9.13. The van der Waals surface area contributed by atoms with Gasteiger partial charge in [0.1, 0.15) is 0 Å². The van der Waals surface area contributed by atoms with Crippen LogP contribution in [0.15, 0.2) is 0 Å². The third-order valence-electron chi connectivity index (χ3n) is 4.44. The van der Waals surface area contributed by atoms with Gasteiger partial charge in [-0.25, -0.2) is 0 Å². The van der Waals surface area contributed by atoms with E-state index in [1.54, 1.807) is 0 Å². The summed E-state index contributed by atoms with van der Waals surface area (Å²) in [7, 11) is 0. The number of hydrogen-bond donors (Lipinski definition) is 2. The predicted octanol–water partition coefficient (Wildman–Crippen LogP) is 3.23. The average Bonchev–Trinajstić information content (AvgIpc) is 2.39. The molecule has 3 nitrogen and oxygen atoms in total. The average molecular weight is 268 g/mol. The summed E-state index contributed by atoms with van der Waals surface area (Å²) in [5.41, 5.74) is 5.45. The minimum Gasteiger partial charge on any atom is -0.353 e. The zero-order chi connectivity index (χ0) is 14.1. The Balaban J connectivity index is 2.06. The molecular formula is C16H32N2O. The molecule has 1 aliphatic carbocycles. The van der Waals surface area contributed by atoms with E-state index in [-0.39, 0.29) is 5.91 Å². The Kier molecular flexibility index (Phi) is 8.11. The van der Waals surface area contributed by atoms with Crippen LogP contribution in [0.1, 0.15) is 71.6 Å². The van der Waals surface area contributed by atoms with Gasteiger partial charge in [0.15, 0.2) is 0 Å². The van der Waals surface area contributed by atoms with Crippen molar-refractivity contribution in [1.82, 2.24) is 5.32 Å². The molecule has 1 amide bonds. The number of nitrogens with one attached hydrogen (secondary N) is 1. The summed E-state index contributed by atoms with van der Waals surface area (Å²) < 4.78 is 0. The van der Waals surface area contributed by atoms with E-state index in [1.807, 2.05) is 0 Å². The van der Waals surface area contributed by atoms with Crippen LogP contribution in [0.25, 0.3) is 0 Å². The summed E-state index contributed by atoms with van der Waals surface area (Å²) in [5.74, 6) is 1.91. The minimum absolute atomic E-state index is 0.251. The Morgan fingerprint density at radius 2 is 1.74 bits per heavy atom. The molecule has 1 fully saturated rings. The molecule has 0 atom stereocenters. The van der Waals surface area contributed by atoms with Gasteiger partial charge in [0.2, 0.25) is 5.91 Å². The van der Waals surface area contributed by atoms with Crippen molar-refractivity contribution in [3.63, 3.8) is 0 Å². The first-order valence-corrected chi connectivity index (χ1v) is 8.13. The molecule has 1 aliphatic rings. The zero-order valence-corrected chi connectivity index (χ0v) is 12.8. The first-order valence-electron chi connectivity index (χ1n) is 8.13. The Morgan fingerprint density at radius 1 is 1.11 bits per heavy atom. The maximum atomic E-state index is 11.8. The lowest BCUT2D eigenvalue weighted by Gasteiger charge is -2.31. The fraction of sp³-hybridized carbons (Fsp3) is 0.938. The van der Waals surface area contributed by atoms with Gasteiger partial charge >= 0.3 is 0 Å². The minimum atomic E-state index is 0.251. The number of amides is 1. The Hall–Kier alpha value is -0.570. The van der Waals surface area contributed by atoms with E-state index in [4.69, 9.17) is 5.73 Å². The van der Waals surface area contributed by atoms with Gasteiger partial charge in [-0.1, -0.05) is 26.7 Å². The standard InChI is InChI=1S/C16H32N2O/c1-13(2)14-8-10-15(11-9-14)18-16(19)7-5-3-4-6-12-17/h13-15H,3-12,17H2,1-2H3,(H,18,19). The lowest BCUT2D eigenvalue weighted by molar-refractivity contribution is -0.122. The van der Waals surface area contributed by atoms with Crippen molar-refractivity contribution in [2.45, 2.75) is 77.7 Å². The van der Waals surface area contributed by atoms with Crippen LogP contribution in [0, 0.1) is 11.8 Å². The third-order valence-corrected chi connectivity index (χ3v) is 4.44. The molecule has 1 saturated carbocycles. The highest BCUT2D eigenvalue weighted by Gasteiger charge is 2.23. The predicted molar refractivity (Wildman–Crippen MR) is 80.9 cm³/mol. The van der Waals surface area contributed by atoms with Crippen LogP contribution in [0.4, 0.5) is 0 Å². The van der Waals surface area contributed by atoms with E-state index in [9.17, 15) is 4.79 Å². The van der Waals surface area contributed by atoms with Crippen molar-refractivity contribution < 1.29 is 4.79 Å². The maximum Gasteiger partial charge on any atom is 0.220 e. The molecule has 0 aromatic carbocycles. The summed E-state index contributed by atoms with van der Waals surface area (Å²) in [6.07, 6.45) is 9.96. The monoisotopic (exact) mass is 268 g/mol. The molecule has 1 rings (SSSR count). The summed E-state index contributed by atoms with van der Waals surface area (Å²) in [4.78, 5) is 11.8. The topological polar surface area (TPSA) is 55.1 Å². The van der Waals surface area contributed by atoms with Gasteiger partial charge in [-0.15, -0.1) is 0 Å². The van der Waals surface area contributed by atoms with Crippen LogP contribution >= 0.6 is 0 Å². The van der Waals surface area contributed by atoms with Gasteiger partial charge in [0.05, 0.1) is 0 Å². The highest BCUT2D eigenvalue weighted by Crippen LogP contribution is 2.29. The van der Waals surface area contributed by atoms with E-state index in [1.165, 1.54) is 25.7 Å². The number of carbonyl (C=O) groups excluding carboxylic acids is 1. The number of nitrogens with two attached hydrogens (primary N) is 1. The number of hydrogen-bond acceptors (Lipinski definition) is 2. The molecule has 3 N–H and O–H groups in total. The molecule has 0 spiro atoms. The third kappa shape index (κ3) is 6.95. The molecule has 0 aromatic heterocycles. The van der Waals surface area contributed by atoms with Crippen LogP contribution < -0.4 is 11.1 Å². The molecule has 0 aromatic rings. The Bertz CT molecular complexity index is 245. The Morgan fingerprint density at radius 3 is 2.32 bits per heavy atom. The van der Waals surface area contributed by atoms with Crippen molar-refractivity contribution in [3.05, 3.63) is 0 Å². The lowest BCUT2D eigenvalue weighted by Crippen LogP contribution is -2.38. The second kappa shape index (κ2) is 9.35. The van der Waals surface area contributed by atoms with Crippen LogP contribution in [-0.4, -0.2) is 18.5 Å². The number of carbonyl (C=O) groups is 1. The largest absolute Gasteiger partial charge is 0.353 e. The molecule has 3 heteroatoms. The van der Waals surface area contributed by atoms with Crippen molar-refractivity contribution in [3.8, 4) is 0 Å². The highest BCUT2D eigenvalue weighted by molar-refractivity contribution is 5.76. The van der Waals surface area contributed by atoms with Crippen LogP contribution in [0.2, 0.25) is 0 Å². The van der Waals surface area contributed by atoms with E-state index in [2.05, 4.69) is 19.2 Å². The van der Waals surface area contributed by atoms with Crippen molar-refractivity contribution >= 4 is 5.91 Å². The van der Waals surface area contributed by atoms with Gasteiger partial charge in [-0.2, -0.15) is 0 Å². The molecule has 0 saturated heterocycles. The van der Waals surface area contributed by atoms with Crippen LogP contribution in [-0.2, 0) is 4.79 Å². The second-order valence-electron chi connectivity index (χ2n) is 6.38. The fourth-order valence-electron chi connectivity index (χ4n) is 3.01. The van der Waals surface area contributed by atoms with Crippen LogP contribution in [0.3, 0.4) is 0 Å². The van der Waals surface area contributed by atoms with Crippen molar-refractivity contribution in [2.75, 3.05) is 6.54 Å². The molecule has 0 bridgehead atoms. The summed E-state index contributed by atoms with van der Waals surface area (Å²) in [6, 6.07) is 0.437. The lowest BCUT2D eigenvalue weighted by atomic mass is 9.79. The van der Waals surface area contributed by atoms with Gasteiger partial charge in [-0.3, -0.25) is 4.79 Å². The molecule has 0 unspecified atom stereocenters. The molecule has 112 valence electrons. The summed E-state index contributed by atoms with van der Waals surface area (Å²) in [6.45, 7) is 5.39. The van der Waals surface area contributed by atoms with Crippen molar-refractivity contribution in [2.24, 2.45) is 17.6 Å². The molecule has 0 radical (unpaired) electrons. The molecule has 19 heavy (non-hydrogen) atoms. The number of rotatable bonds is 8. The quantitative estimate of drug-likeness (QED) is 0.664. The summed E-state index contributed by atoms with van der Waals surface area (Å²) in [5, 5.41) is 3.21. The van der Waals surface area contributed by atoms with E-state index in [0.717, 1.165) is 44.1 Å². The normalized spacial score (nSPS) is 23.6. The fourth-order valence-corrected chi connectivity index (χ4v) is 3.01. The molecular weight excluding hydrogens is 236 g/mol. The van der Waals surface area contributed by atoms with E-state index < -0.39 is 0 Å². The van der Waals surface area contributed by atoms with E-state index in [0.29, 0.717) is 12.5 Å². The smallest absolute Gasteiger partial charge is 0.220 e. The Labute approximate surface area is 118 Å². The van der Waals surface area contributed by atoms with Crippen molar-refractivity contribution in [1.29, 1.82) is 0 Å². The molecule has 0 aliphatic heterocycles.